The molecule has 0 aromatic heterocycles. The second kappa shape index (κ2) is 11.9. The number of benzene rings is 1. The molecule has 0 saturated carbocycles. The number of guanidine groups is 1. The van der Waals surface area contributed by atoms with Crippen molar-refractivity contribution in [3.8, 4) is 5.75 Å². The molecule has 2 fully saturated rings. The number of anilines is 1. The lowest BCUT2D eigenvalue weighted by Gasteiger charge is -2.37. The van der Waals surface area contributed by atoms with Gasteiger partial charge in [0.2, 0.25) is 5.91 Å². The summed E-state index contributed by atoms with van der Waals surface area (Å²) in [4.78, 5) is 26.1. The van der Waals surface area contributed by atoms with E-state index in [1.54, 1.807) is 12.0 Å². The SMILES string of the molecule is CCNC(=NCCCN1CCCC1C(=O)N(C)C)N1CCN(c2cccc(OC)c2)CC1. The summed E-state index contributed by atoms with van der Waals surface area (Å²) in [5.41, 5.74) is 1.21. The summed E-state index contributed by atoms with van der Waals surface area (Å²) in [6, 6.07) is 8.32. The fraction of sp³-hybridized carbons (Fsp3) is 0.667. The minimum absolute atomic E-state index is 0.0481. The van der Waals surface area contributed by atoms with E-state index in [0.717, 1.165) is 83.3 Å². The van der Waals surface area contributed by atoms with Gasteiger partial charge in [0.15, 0.2) is 5.96 Å². The Labute approximate surface area is 193 Å². The largest absolute Gasteiger partial charge is 0.497 e. The smallest absolute Gasteiger partial charge is 0.239 e. The first-order chi connectivity index (χ1) is 15.5. The van der Waals surface area contributed by atoms with Crippen molar-refractivity contribution in [2.24, 2.45) is 4.99 Å². The van der Waals surface area contributed by atoms with Crippen molar-refractivity contribution >= 4 is 17.6 Å². The molecular weight excluding hydrogens is 404 g/mol. The highest BCUT2D eigenvalue weighted by atomic mass is 16.5. The molecule has 8 heteroatoms. The lowest BCUT2D eigenvalue weighted by atomic mass is 10.2. The van der Waals surface area contributed by atoms with Crippen molar-refractivity contribution in [1.82, 2.24) is 20.0 Å². The molecule has 1 aromatic carbocycles. The molecule has 1 aromatic rings. The maximum atomic E-state index is 12.4. The predicted octanol–water partition coefficient (Wildman–Crippen LogP) is 1.73. The maximum Gasteiger partial charge on any atom is 0.239 e. The van der Waals surface area contributed by atoms with Gasteiger partial charge in [-0.3, -0.25) is 14.7 Å². The Bertz CT molecular complexity index is 761. The Morgan fingerprint density at radius 1 is 1.22 bits per heavy atom. The highest BCUT2D eigenvalue weighted by Crippen LogP contribution is 2.22. The molecule has 1 amide bonds. The van der Waals surface area contributed by atoms with Crippen LogP contribution in [0, 0.1) is 0 Å². The molecule has 1 N–H and O–H groups in total. The highest BCUT2D eigenvalue weighted by molar-refractivity contribution is 5.81. The summed E-state index contributed by atoms with van der Waals surface area (Å²) < 4.78 is 5.37. The first-order valence-corrected chi connectivity index (χ1v) is 11.9. The maximum absolute atomic E-state index is 12.4. The monoisotopic (exact) mass is 444 g/mol. The van der Waals surface area contributed by atoms with Crippen LogP contribution in [0.1, 0.15) is 26.2 Å². The van der Waals surface area contributed by atoms with Crippen LogP contribution >= 0.6 is 0 Å². The second-order valence-electron chi connectivity index (χ2n) is 8.69. The van der Waals surface area contributed by atoms with Gasteiger partial charge in [-0.1, -0.05) is 6.07 Å². The third kappa shape index (κ3) is 6.28. The first kappa shape index (κ1) is 24.2. The van der Waals surface area contributed by atoms with E-state index in [2.05, 4.69) is 39.1 Å². The van der Waals surface area contributed by atoms with Gasteiger partial charge in [0, 0.05) is 71.7 Å². The summed E-state index contributed by atoms with van der Waals surface area (Å²) in [5, 5.41) is 3.46. The molecule has 0 radical (unpaired) electrons. The van der Waals surface area contributed by atoms with Gasteiger partial charge >= 0.3 is 0 Å². The number of aliphatic imine (C=N–C) groups is 1. The van der Waals surface area contributed by atoms with Crippen molar-refractivity contribution in [2.75, 3.05) is 78.5 Å². The van der Waals surface area contributed by atoms with Gasteiger partial charge in [0.25, 0.3) is 0 Å². The van der Waals surface area contributed by atoms with Crippen LogP contribution in [0.25, 0.3) is 0 Å². The fourth-order valence-electron chi connectivity index (χ4n) is 4.54. The molecule has 2 aliphatic rings. The number of carbonyl (C=O) groups is 1. The molecular formula is C24H40N6O2. The van der Waals surface area contributed by atoms with E-state index < -0.39 is 0 Å². The third-order valence-corrected chi connectivity index (χ3v) is 6.29. The summed E-state index contributed by atoms with van der Waals surface area (Å²) in [6.07, 6.45) is 3.05. The zero-order valence-electron chi connectivity index (χ0n) is 20.2. The number of nitrogens with zero attached hydrogens (tertiary/aromatic N) is 5. The lowest BCUT2D eigenvalue weighted by Crippen LogP contribution is -2.52. The van der Waals surface area contributed by atoms with Crippen LogP contribution in [0.5, 0.6) is 5.75 Å². The van der Waals surface area contributed by atoms with Crippen LogP contribution < -0.4 is 15.0 Å². The van der Waals surface area contributed by atoms with Gasteiger partial charge in [-0.25, -0.2) is 0 Å². The lowest BCUT2D eigenvalue weighted by molar-refractivity contribution is -0.133. The number of hydrogen-bond donors (Lipinski definition) is 1. The first-order valence-electron chi connectivity index (χ1n) is 11.9. The Kier molecular flexibility index (Phi) is 9.02. The topological polar surface area (TPSA) is 63.7 Å². The van der Waals surface area contributed by atoms with Gasteiger partial charge in [-0.05, 0) is 44.9 Å². The molecule has 2 saturated heterocycles. The Hall–Kier alpha value is -2.48. The van der Waals surface area contributed by atoms with Crippen LogP contribution in [0.2, 0.25) is 0 Å². The molecule has 32 heavy (non-hydrogen) atoms. The zero-order chi connectivity index (χ0) is 22.9. The van der Waals surface area contributed by atoms with E-state index in [-0.39, 0.29) is 11.9 Å². The normalized spacial score (nSPS) is 19.9. The molecule has 2 aliphatic heterocycles. The number of likely N-dealkylation sites (N-methyl/N-ethyl adjacent to an activating group) is 1. The van der Waals surface area contributed by atoms with Crippen LogP contribution in [0.4, 0.5) is 5.69 Å². The van der Waals surface area contributed by atoms with Crippen LogP contribution in [0.3, 0.4) is 0 Å². The number of ether oxygens (including phenoxy) is 1. The second-order valence-corrected chi connectivity index (χ2v) is 8.69. The quantitative estimate of drug-likeness (QED) is 0.374. The van der Waals surface area contributed by atoms with Gasteiger partial charge in [-0.15, -0.1) is 0 Å². The van der Waals surface area contributed by atoms with Crippen molar-refractivity contribution in [3.05, 3.63) is 24.3 Å². The van der Waals surface area contributed by atoms with E-state index in [9.17, 15) is 4.79 Å². The molecule has 3 rings (SSSR count). The standard InChI is InChI=1S/C24H40N6O2/c1-5-25-24(26-12-8-14-29-13-7-11-22(29)23(31)27(2)3)30-17-15-28(16-18-30)20-9-6-10-21(19-20)32-4/h6,9-10,19,22H,5,7-8,11-18H2,1-4H3,(H,25,26). The molecule has 2 heterocycles. The number of carbonyl (C=O) groups excluding carboxylic acids is 1. The summed E-state index contributed by atoms with van der Waals surface area (Å²) in [7, 11) is 5.40. The summed E-state index contributed by atoms with van der Waals surface area (Å²) >= 11 is 0. The van der Waals surface area contributed by atoms with E-state index in [4.69, 9.17) is 9.73 Å². The molecule has 178 valence electrons. The molecule has 1 unspecified atom stereocenters. The minimum Gasteiger partial charge on any atom is -0.497 e. The number of nitrogens with one attached hydrogen (secondary N) is 1. The number of piperazine rings is 1. The van der Waals surface area contributed by atoms with Crippen LogP contribution in [-0.4, -0.2) is 106 Å². The van der Waals surface area contributed by atoms with Gasteiger partial charge in [0.1, 0.15) is 5.75 Å². The Balaban J connectivity index is 1.49. The van der Waals surface area contributed by atoms with E-state index in [1.807, 2.05) is 26.2 Å². The van der Waals surface area contributed by atoms with E-state index in [1.165, 1.54) is 5.69 Å². The Morgan fingerprint density at radius 2 is 2.00 bits per heavy atom. The van der Waals surface area contributed by atoms with Gasteiger partial charge < -0.3 is 24.8 Å². The fourth-order valence-corrected chi connectivity index (χ4v) is 4.54. The van der Waals surface area contributed by atoms with Crippen molar-refractivity contribution < 1.29 is 9.53 Å². The average Bonchev–Trinajstić information content (AvgIpc) is 3.29. The summed E-state index contributed by atoms with van der Waals surface area (Å²) in [5.74, 6) is 2.13. The van der Waals surface area contributed by atoms with Crippen LogP contribution in [-0.2, 0) is 4.79 Å². The Morgan fingerprint density at radius 3 is 2.69 bits per heavy atom. The molecule has 1 atom stereocenters. The molecule has 0 bridgehead atoms. The molecule has 0 spiro atoms. The van der Waals surface area contributed by atoms with Gasteiger partial charge in [-0.2, -0.15) is 0 Å². The number of rotatable bonds is 8. The average molecular weight is 445 g/mol. The van der Waals surface area contributed by atoms with Crippen LogP contribution in [0.15, 0.2) is 29.3 Å². The predicted molar refractivity (Wildman–Crippen MR) is 131 cm³/mol. The van der Waals surface area contributed by atoms with Crippen molar-refractivity contribution in [3.63, 3.8) is 0 Å². The number of hydrogen-bond acceptors (Lipinski definition) is 5. The minimum atomic E-state index is 0.0481. The number of amides is 1. The number of likely N-dealkylation sites (tertiary alicyclic amines) is 1. The van der Waals surface area contributed by atoms with E-state index in [0.29, 0.717) is 0 Å². The van der Waals surface area contributed by atoms with Crippen molar-refractivity contribution in [2.45, 2.75) is 32.2 Å². The number of methoxy groups -OCH3 is 1. The van der Waals surface area contributed by atoms with E-state index >= 15 is 0 Å². The third-order valence-electron chi connectivity index (χ3n) is 6.29. The van der Waals surface area contributed by atoms with Gasteiger partial charge in [0.05, 0.1) is 13.2 Å². The molecule has 8 nitrogen and oxygen atoms in total. The zero-order valence-corrected chi connectivity index (χ0v) is 20.2. The highest BCUT2D eigenvalue weighted by Gasteiger charge is 2.31. The van der Waals surface area contributed by atoms with Crippen molar-refractivity contribution in [1.29, 1.82) is 0 Å². The molecule has 0 aliphatic carbocycles. The summed E-state index contributed by atoms with van der Waals surface area (Å²) in [6.45, 7) is 9.49.